The maximum Gasteiger partial charge on any atom is 0.268 e. The molecule has 0 spiro atoms. The summed E-state index contributed by atoms with van der Waals surface area (Å²) in [6.45, 7) is 5.92. The summed E-state index contributed by atoms with van der Waals surface area (Å²) >= 11 is 1.49. The van der Waals surface area contributed by atoms with Gasteiger partial charge >= 0.3 is 0 Å². The van der Waals surface area contributed by atoms with Crippen molar-refractivity contribution in [2.75, 3.05) is 7.11 Å². The van der Waals surface area contributed by atoms with Crippen LogP contribution in [0.2, 0.25) is 0 Å². The minimum atomic E-state index is -0.486. The van der Waals surface area contributed by atoms with E-state index in [1.54, 1.807) is 25.3 Å². The van der Waals surface area contributed by atoms with E-state index in [4.69, 9.17) is 9.47 Å². The highest BCUT2D eigenvalue weighted by Crippen LogP contribution is 2.41. The summed E-state index contributed by atoms with van der Waals surface area (Å²) in [5.74, 6) is 0.660. The van der Waals surface area contributed by atoms with Gasteiger partial charge in [0.25, 0.3) is 11.8 Å². The Morgan fingerprint density at radius 3 is 2.59 bits per heavy atom. The smallest absolute Gasteiger partial charge is 0.268 e. The van der Waals surface area contributed by atoms with Gasteiger partial charge < -0.3 is 20.1 Å². The summed E-state index contributed by atoms with van der Waals surface area (Å²) in [6.07, 6.45) is 2.28. The zero-order valence-corrected chi connectivity index (χ0v) is 20.5. The lowest BCUT2D eigenvalue weighted by atomic mass is 9.89. The quantitative estimate of drug-likeness (QED) is 0.476. The number of benzene rings is 2. The van der Waals surface area contributed by atoms with Gasteiger partial charge in [-0.25, -0.2) is 0 Å². The van der Waals surface area contributed by atoms with Crippen molar-refractivity contribution in [2.45, 2.75) is 38.8 Å². The highest BCUT2D eigenvalue weighted by Gasteiger charge is 2.35. The normalized spacial score (nSPS) is 16.7. The molecule has 0 unspecified atom stereocenters. The highest BCUT2D eigenvalue weighted by atomic mass is 32.1. The topological polar surface area (TPSA) is 76.7 Å². The van der Waals surface area contributed by atoms with Crippen molar-refractivity contribution in [2.24, 2.45) is 0 Å². The molecule has 0 saturated heterocycles. The van der Waals surface area contributed by atoms with Gasteiger partial charge in [-0.1, -0.05) is 23.8 Å². The molecule has 3 aromatic rings. The van der Waals surface area contributed by atoms with E-state index in [-0.39, 0.29) is 23.6 Å². The number of hydrogen-bond donors (Lipinski definition) is 2. The predicted octanol–water partition coefficient (Wildman–Crippen LogP) is 5.25. The second-order valence-electron chi connectivity index (χ2n) is 8.89. The number of aryl methyl sites for hydroxylation is 1. The van der Waals surface area contributed by atoms with Crippen LogP contribution in [0.15, 0.2) is 65.7 Å². The Morgan fingerprint density at radius 1 is 1.15 bits per heavy atom. The van der Waals surface area contributed by atoms with Gasteiger partial charge in [0, 0.05) is 28.5 Å². The predicted molar refractivity (Wildman–Crippen MR) is 134 cm³/mol. The summed E-state index contributed by atoms with van der Waals surface area (Å²) in [5.41, 5.74) is 2.11. The van der Waals surface area contributed by atoms with E-state index in [1.807, 2.05) is 68.6 Å². The molecule has 0 bridgehead atoms. The lowest BCUT2D eigenvalue weighted by molar-refractivity contribution is -0.119. The third kappa shape index (κ3) is 5.48. The van der Waals surface area contributed by atoms with Crippen LogP contribution in [0.5, 0.6) is 11.5 Å². The number of hydrogen-bond acceptors (Lipinski definition) is 5. The molecule has 0 radical (unpaired) electrons. The summed E-state index contributed by atoms with van der Waals surface area (Å²) in [4.78, 5) is 27.2. The number of ether oxygens (including phenoxy) is 2. The van der Waals surface area contributed by atoms with E-state index >= 15 is 0 Å². The molecule has 1 aliphatic rings. The summed E-state index contributed by atoms with van der Waals surface area (Å²) in [6, 6.07) is 16.3. The number of carbonyl (C=O) groups excluding carboxylic acids is 2. The molecule has 0 aliphatic carbocycles. The third-order valence-electron chi connectivity index (χ3n) is 5.62. The van der Waals surface area contributed by atoms with Crippen molar-refractivity contribution in [3.05, 3.63) is 87.2 Å². The Labute approximate surface area is 203 Å². The molecule has 176 valence electrons. The molecule has 1 aliphatic heterocycles. The van der Waals surface area contributed by atoms with Crippen LogP contribution < -0.4 is 20.1 Å². The Balaban J connectivity index is 1.61. The lowest BCUT2D eigenvalue weighted by Gasteiger charge is -2.38. The molecular formula is C27H28N2O4S. The van der Waals surface area contributed by atoms with E-state index in [0.717, 1.165) is 16.0 Å². The van der Waals surface area contributed by atoms with E-state index in [2.05, 4.69) is 10.6 Å². The largest absolute Gasteiger partial charge is 0.497 e. The minimum absolute atomic E-state index is 0.187. The van der Waals surface area contributed by atoms with Crippen molar-refractivity contribution in [1.82, 2.24) is 10.6 Å². The van der Waals surface area contributed by atoms with Gasteiger partial charge in [0.05, 0.1) is 13.2 Å². The van der Waals surface area contributed by atoms with Crippen molar-refractivity contribution >= 4 is 29.2 Å². The van der Waals surface area contributed by atoms with Gasteiger partial charge in [0.2, 0.25) is 0 Å². The van der Waals surface area contributed by atoms with Crippen LogP contribution >= 0.6 is 11.3 Å². The number of rotatable bonds is 6. The molecule has 34 heavy (non-hydrogen) atoms. The van der Waals surface area contributed by atoms with Gasteiger partial charge in [-0.2, -0.15) is 0 Å². The molecule has 0 fully saturated rings. The summed E-state index contributed by atoms with van der Waals surface area (Å²) < 4.78 is 11.5. The van der Waals surface area contributed by atoms with Crippen LogP contribution in [-0.2, 0) is 4.79 Å². The van der Waals surface area contributed by atoms with Gasteiger partial charge in [-0.15, -0.1) is 11.3 Å². The molecule has 2 amide bonds. The van der Waals surface area contributed by atoms with Crippen molar-refractivity contribution in [1.29, 1.82) is 0 Å². The second kappa shape index (κ2) is 9.73. The molecule has 2 heterocycles. The zero-order valence-electron chi connectivity index (χ0n) is 19.7. The minimum Gasteiger partial charge on any atom is -0.497 e. The van der Waals surface area contributed by atoms with Gasteiger partial charge in [-0.05, 0) is 62.6 Å². The molecule has 1 aromatic heterocycles. The Hall–Kier alpha value is -3.58. The van der Waals surface area contributed by atoms with Crippen molar-refractivity contribution in [3.8, 4) is 11.5 Å². The first-order chi connectivity index (χ1) is 16.2. The number of methoxy groups -OCH3 is 1. The molecule has 1 atom stereocenters. The molecular weight excluding hydrogens is 448 g/mol. The van der Waals surface area contributed by atoms with Crippen LogP contribution in [-0.4, -0.2) is 24.5 Å². The molecule has 6 nitrogen and oxygen atoms in total. The number of nitrogens with one attached hydrogen (secondary N) is 2. The summed E-state index contributed by atoms with van der Waals surface area (Å²) in [7, 11) is 1.60. The summed E-state index contributed by atoms with van der Waals surface area (Å²) in [5, 5.41) is 7.84. The third-order valence-corrected chi connectivity index (χ3v) is 6.44. The van der Waals surface area contributed by atoms with Crippen LogP contribution in [0.25, 0.3) is 6.08 Å². The van der Waals surface area contributed by atoms with Gasteiger partial charge in [0.1, 0.15) is 22.8 Å². The van der Waals surface area contributed by atoms with Gasteiger partial charge in [0.15, 0.2) is 0 Å². The number of fused-ring (bicyclic) bond motifs is 1. The van der Waals surface area contributed by atoms with Crippen molar-refractivity contribution < 1.29 is 19.1 Å². The number of carbonyl (C=O) groups is 2. The second-order valence-corrected chi connectivity index (χ2v) is 9.87. The molecule has 7 heteroatoms. The SMILES string of the molecule is COc1ccc2c(c1)OC(C)(C)C[C@H]2NC(=O)/C(=C/c1cccs1)NC(=O)c1ccc(C)cc1. The molecule has 2 aromatic carbocycles. The fraction of sp³-hybridized carbons (Fsp3) is 0.259. The average molecular weight is 477 g/mol. The van der Waals surface area contributed by atoms with Crippen molar-refractivity contribution in [3.63, 3.8) is 0 Å². The molecule has 4 rings (SSSR count). The molecule has 2 N–H and O–H groups in total. The van der Waals surface area contributed by atoms with Crippen LogP contribution in [0.3, 0.4) is 0 Å². The first-order valence-electron chi connectivity index (χ1n) is 11.0. The van der Waals surface area contributed by atoms with E-state index in [9.17, 15) is 9.59 Å². The fourth-order valence-corrected chi connectivity index (χ4v) is 4.55. The van der Waals surface area contributed by atoms with Crippen LogP contribution in [0.4, 0.5) is 0 Å². The average Bonchev–Trinajstić information content (AvgIpc) is 3.31. The Morgan fingerprint density at radius 2 is 1.91 bits per heavy atom. The lowest BCUT2D eigenvalue weighted by Crippen LogP contribution is -2.43. The van der Waals surface area contributed by atoms with Crippen LogP contribution in [0, 0.1) is 6.92 Å². The Bertz CT molecular complexity index is 1210. The van der Waals surface area contributed by atoms with Gasteiger partial charge in [-0.3, -0.25) is 9.59 Å². The zero-order chi connectivity index (χ0) is 24.3. The maximum absolute atomic E-state index is 13.4. The van der Waals surface area contributed by atoms with E-state index in [0.29, 0.717) is 23.5 Å². The monoisotopic (exact) mass is 476 g/mol. The van der Waals surface area contributed by atoms with E-state index < -0.39 is 5.60 Å². The highest BCUT2D eigenvalue weighted by molar-refractivity contribution is 7.10. The standard InChI is InChI=1S/C27H28N2O4S/c1-17-7-9-18(10-8-17)25(30)28-22(15-20-6-5-13-34-20)26(31)29-23-16-27(2,3)33-24-14-19(32-4)11-12-21(23)24/h5-15,23H,16H2,1-4H3,(H,28,30)(H,29,31)/b22-15-/t23-/m1/s1. The van der Waals surface area contributed by atoms with E-state index in [1.165, 1.54) is 11.3 Å². The Kier molecular flexibility index (Phi) is 6.75. The maximum atomic E-state index is 13.4. The molecule has 0 saturated carbocycles. The number of thiophene rings is 1. The number of amides is 2. The fourth-order valence-electron chi connectivity index (χ4n) is 3.90. The first kappa shape index (κ1) is 23.6. The van der Waals surface area contributed by atoms with Crippen LogP contribution in [0.1, 0.15) is 52.7 Å². The first-order valence-corrected chi connectivity index (χ1v) is 11.9.